The maximum atomic E-state index is 12.6. The SMILES string of the molecule is CCOc1cc(/C=C2\SC(=Nc3ccc(Cl)c(C(=O)O)c3)N(C)C2=O)cc(Cl)c1[O-]. The van der Waals surface area contributed by atoms with Gasteiger partial charge in [-0.2, -0.15) is 0 Å². The van der Waals surface area contributed by atoms with Crippen molar-refractivity contribution in [2.45, 2.75) is 6.92 Å². The predicted molar refractivity (Wildman–Crippen MR) is 116 cm³/mol. The summed E-state index contributed by atoms with van der Waals surface area (Å²) in [7, 11) is 1.56. The van der Waals surface area contributed by atoms with Crippen LogP contribution in [0.2, 0.25) is 10.0 Å². The van der Waals surface area contributed by atoms with Crippen molar-refractivity contribution >= 4 is 63.8 Å². The third kappa shape index (κ3) is 4.56. The van der Waals surface area contributed by atoms with Crippen LogP contribution in [0.1, 0.15) is 22.8 Å². The van der Waals surface area contributed by atoms with E-state index in [4.69, 9.17) is 27.9 Å². The van der Waals surface area contributed by atoms with Gasteiger partial charge >= 0.3 is 5.97 Å². The van der Waals surface area contributed by atoms with E-state index in [-0.39, 0.29) is 27.3 Å². The Morgan fingerprint density at radius 1 is 1.30 bits per heavy atom. The Morgan fingerprint density at radius 2 is 2.03 bits per heavy atom. The number of aromatic carboxylic acids is 1. The Bertz CT molecular complexity index is 1100. The standard InChI is InChI=1S/C20H16Cl2N2O5S/c1-3-29-15-7-10(6-14(22)17(15)25)8-16-18(26)24(2)20(30-16)23-11-4-5-13(21)12(9-11)19(27)28/h4-9,25H,3H2,1-2H3,(H,27,28)/p-1/b16-8-,23-20?. The number of hydrogen-bond acceptors (Lipinski definition) is 6. The zero-order chi connectivity index (χ0) is 22.0. The third-order valence-corrected chi connectivity index (χ3v) is 5.71. The second kappa shape index (κ2) is 8.99. The maximum absolute atomic E-state index is 12.6. The highest BCUT2D eigenvalue weighted by molar-refractivity contribution is 8.18. The summed E-state index contributed by atoms with van der Waals surface area (Å²) in [4.78, 5) is 29.9. The van der Waals surface area contributed by atoms with Crippen molar-refractivity contribution in [1.82, 2.24) is 4.90 Å². The summed E-state index contributed by atoms with van der Waals surface area (Å²) in [6, 6.07) is 7.31. The number of carbonyl (C=O) groups excluding carboxylic acids is 1. The Morgan fingerprint density at radius 3 is 2.70 bits per heavy atom. The smallest absolute Gasteiger partial charge is 0.337 e. The lowest BCUT2D eigenvalue weighted by atomic mass is 10.2. The predicted octanol–water partition coefficient (Wildman–Crippen LogP) is 4.40. The molecule has 1 fully saturated rings. The van der Waals surface area contributed by atoms with E-state index in [9.17, 15) is 19.8 Å². The van der Waals surface area contributed by atoms with Crippen LogP contribution in [0.4, 0.5) is 5.69 Å². The van der Waals surface area contributed by atoms with Crippen molar-refractivity contribution in [2.24, 2.45) is 4.99 Å². The van der Waals surface area contributed by atoms with E-state index in [1.165, 1.54) is 29.2 Å². The third-order valence-electron chi connectivity index (χ3n) is 4.04. The fraction of sp³-hybridized carbons (Fsp3) is 0.150. The highest BCUT2D eigenvalue weighted by atomic mass is 35.5. The van der Waals surface area contributed by atoms with E-state index in [2.05, 4.69) is 4.99 Å². The quantitative estimate of drug-likeness (QED) is 0.656. The first-order valence-corrected chi connectivity index (χ1v) is 10.2. The topological polar surface area (TPSA) is 102 Å². The summed E-state index contributed by atoms with van der Waals surface area (Å²) in [6.07, 6.45) is 1.59. The zero-order valence-electron chi connectivity index (χ0n) is 15.8. The molecule has 30 heavy (non-hydrogen) atoms. The van der Waals surface area contributed by atoms with Gasteiger partial charge in [0.2, 0.25) is 0 Å². The minimum Gasteiger partial charge on any atom is -0.869 e. The molecule has 2 aromatic carbocycles. The van der Waals surface area contributed by atoms with Crippen molar-refractivity contribution in [3.63, 3.8) is 0 Å². The molecule has 0 spiro atoms. The lowest BCUT2D eigenvalue weighted by Crippen LogP contribution is -2.23. The molecule has 0 radical (unpaired) electrons. The molecule has 0 aliphatic carbocycles. The van der Waals surface area contributed by atoms with Gasteiger partial charge in [-0.1, -0.05) is 23.2 Å². The number of aliphatic imine (C=N–C) groups is 1. The molecule has 0 saturated carbocycles. The summed E-state index contributed by atoms with van der Waals surface area (Å²) in [5, 5.41) is 21.6. The molecule has 0 aromatic heterocycles. The molecule has 1 N–H and O–H groups in total. The van der Waals surface area contributed by atoms with E-state index in [0.717, 1.165) is 11.8 Å². The molecule has 3 rings (SSSR count). The molecule has 1 saturated heterocycles. The molecule has 156 valence electrons. The summed E-state index contributed by atoms with van der Waals surface area (Å²) in [5.41, 5.74) is 0.799. The fourth-order valence-corrected chi connectivity index (χ4v) is 4.00. The first-order valence-electron chi connectivity index (χ1n) is 8.63. The maximum Gasteiger partial charge on any atom is 0.337 e. The van der Waals surface area contributed by atoms with Crippen molar-refractivity contribution in [3.8, 4) is 11.5 Å². The Kier molecular flexibility index (Phi) is 6.60. The minimum absolute atomic E-state index is 0.00662. The summed E-state index contributed by atoms with van der Waals surface area (Å²) >= 11 is 13.0. The molecule has 2 aromatic rings. The second-order valence-electron chi connectivity index (χ2n) is 6.10. The number of amides is 1. The Balaban J connectivity index is 1.94. The normalized spacial score (nSPS) is 16.5. The van der Waals surface area contributed by atoms with Crippen LogP contribution in [-0.4, -0.2) is 40.7 Å². The number of halogens is 2. The zero-order valence-corrected chi connectivity index (χ0v) is 18.1. The van der Waals surface area contributed by atoms with Gasteiger partial charge in [-0.3, -0.25) is 9.69 Å². The molecule has 1 amide bonds. The minimum atomic E-state index is -1.17. The van der Waals surface area contributed by atoms with E-state index in [1.54, 1.807) is 26.1 Å². The number of thioether (sulfide) groups is 1. The van der Waals surface area contributed by atoms with Gasteiger partial charge in [-0.05, 0) is 66.4 Å². The number of hydrogen-bond donors (Lipinski definition) is 1. The fourth-order valence-electron chi connectivity index (χ4n) is 2.59. The van der Waals surface area contributed by atoms with Crippen LogP contribution < -0.4 is 9.84 Å². The number of rotatable bonds is 5. The van der Waals surface area contributed by atoms with Gasteiger partial charge in [-0.15, -0.1) is 0 Å². The average Bonchev–Trinajstić information content (AvgIpc) is 2.95. The largest absolute Gasteiger partial charge is 0.869 e. The monoisotopic (exact) mass is 465 g/mol. The number of likely N-dealkylation sites (N-methyl/N-ethyl adjacent to an activating group) is 1. The van der Waals surface area contributed by atoms with Crippen LogP contribution in [0.3, 0.4) is 0 Å². The molecular formula is C20H15Cl2N2O5S-. The van der Waals surface area contributed by atoms with Gasteiger partial charge in [0.1, 0.15) is 5.75 Å². The Hall–Kier alpha value is -2.68. The Labute approximate surface area is 186 Å². The van der Waals surface area contributed by atoms with Crippen LogP contribution in [0, 0.1) is 0 Å². The molecule has 10 heteroatoms. The summed E-state index contributed by atoms with van der Waals surface area (Å²) in [5.74, 6) is -1.78. The van der Waals surface area contributed by atoms with Crippen molar-refractivity contribution < 1.29 is 24.5 Å². The lowest BCUT2D eigenvalue weighted by molar-refractivity contribution is -0.270. The summed E-state index contributed by atoms with van der Waals surface area (Å²) < 4.78 is 5.30. The van der Waals surface area contributed by atoms with Crippen molar-refractivity contribution in [2.75, 3.05) is 13.7 Å². The molecule has 0 unspecified atom stereocenters. The van der Waals surface area contributed by atoms with Gasteiger partial charge < -0.3 is 14.9 Å². The van der Waals surface area contributed by atoms with Gasteiger partial charge in [0, 0.05) is 12.1 Å². The molecule has 0 bridgehead atoms. The molecule has 1 heterocycles. The lowest BCUT2D eigenvalue weighted by Gasteiger charge is -2.16. The number of carbonyl (C=O) groups is 2. The van der Waals surface area contributed by atoms with E-state index in [0.29, 0.717) is 27.9 Å². The van der Waals surface area contributed by atoms with Crippen LogP contribution in [0.5, 0.6) is 11.5 Å². The molecule has 7 nitrogen and oxygen atoms in total. The van der Waals surface area contributed by atoms with E-state index in [1.807, 2.05) is 0 Å². The van der Waals surface area contributed by atoms with Gasteiger partial charge in [0.05, 0.1) is 27.8 Å². The van der Waals surface area contributed by atoms with Crippen molar-refractivity contribution in [1.29, 1.82) is 0 Å². The van der Waals surface area contributed by atoms with E-state index < -0.39 is 11.7 Å². The molecular weight excluding hydrogens is 451 g/mol. The van der Waals surface area contributed by atoms with Crippen LogP contribution in [0.15, 0.2) is 40.2 Å². The van der Waals surface area contributed by atoms with E-state index >= 15 is 0 Å². The highest BCUT2D eigenvalue weighted by Crippen LogP contribution is 2.37. The number of carboxylic acid groups (broad SMARTS) is 1. The number of benzene rings is 2. The second-order valence-corrected chi connectivity index (χ2v) is 7.92. The first-order chi connectivity index (χ1) is 14.2. The van der Waals surface area contributed by atoms with Crippen LogP contribution in [-0.2, 0) is 4.79 Å². The average molecular weight is 466 g/mol. The summed E-state index contributed by atoms with van der Waals surface area (Å²) in [6.45, 7) is 2.05. The number of ether oxygens (including phenoxy) is 1. The molecule has 1 aliphatic heterocycles. The van der Waals surface area contributed by atoms with Gasteiger partial charge in [0.15, 0.2) is 5.17 Å². The van der Waals surface area contributed by atoms with Gasteiger partial charge in [-0.25, -0.2) is 9.79 Å². The van der Waals surface area contributed by atoms with Crippen LogP contribution in [0.25, 0.3) is 6.08 Å². The van der Waals surface area contributed by atoms with Crippen molar-refractivity contribution in [3.05, 3.63) is 56.4 Å². The molecule has 0 atom stereocenters. The van der Waals surface area contributed by atoms with Gasteiger partial charge in [0.25, 0.3) is 5.91 Å². The number of nitrogens with zero attached hydrogens (tertiary/aromatic N) is 2. The number of carboxylic acids is 1. The molecule has 1 aliphatic rings. The first kappa shape index (κ1) is 22.0. The number of amidine groups is 1. The van der Waals surface area contributed by atoms with Crippen LogP contribution >= 0.6 is 35.0 Å². The highest BCUT2D eigenvalue weighted by Gasteiger charge is 2.30.